The first-order valence-corrected chi connectivity index (χ1v) is 22.2. The molecule has 0 aromatic heterocycles. The predicted molar refractivity (Wildman–Crippen MR) is 235 cm³/mol. The van der Waals surface area contributed by atoms with Crippen LogP contribution in [-0.4, -0.2) is 121 Å². The summed E-state index contributed by atoms with van der Waals surface area (Å²) < 4.78 is 17.9. The lowest BCUT2D eigenvalue weighted by atomic mass is 9.83. The lowest BCUT2D eigenvalue weighted by Crippen LogP contribution is -2.54. The van der Waals surface area contributed by atoms with Crippen molar-refractivity contribution in [2.24, 2.45) is 35.5 Å². The van der Waals surface area contributed by atoms with Crippen molar-refractivity contribution in [2.45, 2.75) is 170 Å². The summed E-state index contributed by atoms with van der Waals surface area (Å²) in [6.45, 7) is 24.1. The Morgan fingerprint density at radius 1 is 0.831 bits per heavy atom. The van der Waals surface area contributed by atoms with Gasteiger partial charge >= 0.3 is 5.97 Å². The highest BCUT2D eigenvalue weighted by Gasteiger charge is 2.44. The van der Waals surface area contributed by atoms with Gasteiger partial charge in [-0.2, -0.15) is 0 Å². The molecular weight excluding hydrogens is 747 g/mol. The van der Waals surface area contributed by atoms with Gasteiger partial charge in [0, 0.05) is 58.5 Å². The van der Waals surface area contributed by atoms with E-state index in [0.717, 1.165) is 18.4 Å². The van der Waals surface area contributed by atoms with E-state index in [0.29, 0.717) is 19.4 Å². The zero-order valence-electron chi connectivity index (χ0n) is 39.6. The minimum absolute atomic E-state index is 0.00625. The van der Waals surface area contributed by atoms with E-state index in [-0.39, 0.29) is 78.5 Å². The maximum absolute atomic E-state index is 14.5. The van der Waals surface area contributed by atoms with E-state index in [9.17, 15) is 24.0 Å². The van der Waals surface area contributed by atoms with Gasteiger partial charge < -0.3 is 24.0 Å². The average Bonchev–Trinajstić information content (AvgIpc) is 3.65. The molecular formula is C48H81N3O8. The molecule has 0 aliphatic carbocycles. The van der Waals surface area contributed by atoms with Crippen molar-refractivity contribution in [3.63, 3.8) is 0 Å². The lowest BCUT2D eigenvalue weighted by Gasteiger charge is -2.41. The van der Waals surface area contributed by atoms with Crippen LogP contribution >= 0.6 is 0 Å². The van der Waals surface area contributed by atoms with Crippen molar-refractivity contribution < 1.29 is 38.2 Å². The summed E-state index contributed by atoms with van der Waals surface area (Å²) in [4.78, 5) is 75.8. The topological polar surface area (TPSA) is 123 Å². The first kappa shape index (κ1) is 52.0. The Morgan fingerprint density at radius 2 is 1.44 bits per heavy atom. The average molecular weight is 828 g/mol. The van der Waals surface area contributed by atoms with Crippen LogP contribution in [0.3, 0.4) is 0 Å². The number of likely N-dealkylation sites (N-methyl/N-ethyl adjacent to an activating group) is 2. The summed E-state index contributed by atoms with van der Waals surface area (Å²) in [5.74, 6) is -2.51. The highest BCUT2D eigenvalue weighted by Crippen LogP contribution is 2.32. The third-order valence-corrected chi connectivity index (χ3v) is 12.6. The number of carbonyl (C=O) groups excluding carboxylic acids is 5. The van der Waals surface area contributed by atoms with E-state index >= 15 is 0 Å². The number of ether oxygens (including phenoxy) is 3. The molecule has 1 aromatic rings. The fraction of sp³-hybridized carbons (Fsp3) is 0.771. The predicted octanol–water partition coefficient (Wildman–Crippen LogP) is 7.66. The number of likely N-dealkylation sites (tertiary alicyclic amines) is 1. The lowest BCUT2D eigenvalue weighted by molar-refractivity contribution is -0.161. The van der Waals surface area contributed by atoms with Crippen molar-refractivity contribution in [3.8, 4) is 0 Å². The molecule has 2 amide bonds. The Balaban J connectivity index is 2.33. The molecule has 0 spiro atoms. The number of nitrogens with zero attached hydrogens (tertiary/aromatic N) is 3. The van der Waals surface area contributed by atoms with Gasteiger partial charge in [-0.3, -0.25) is 28.9 Å². The summed E-state index contributed by atoms with van der Waals surface area (Å²) in [5.41, 5.74) is 0.241. The van der Waals surface area contributed by atoms with E-state index in [1.165, 1.54) is 0 Å². The SMILES string of the molecule is CC[C@H](C)[C@@H]([C@@H](CC(=O)N1CCCC1[C@H](OC)[C@@H](C)C(=O)C[C@@H](Cc1ccccc1)C(=O)OC(C)(C)C)OC)N(C)C(=O)[C@@H](CC(=O)[C@H](C(C)C)N(C)C(C)C)C(C)C. The van der Waals surface area contributed by atoms with Gasteiger partial charge in [-0.1, -0.05) is 85.2 Å². The molecule has 1 saturated heterocycles. The van der Waals surface area contributed by atoms with Gasteiger partial charge in [0.1, 0.15) is 11.4 Å². The number of Topliss-reactive ketones (excluding diaryl/α,β-unsaturated/α-hetero) is 2. The molecule has 1 aliphatic rings. The molecule has 0 saturated carbocycles. The van der Waals surface area contributed by atoms with Gasteiger partial charge in [-0.05, 0) is 84.2 Å². The standard InChI is InChI=1S/C48H81N3O8/c1-17-33(8)44(50(14)46(55)37(30(2)3)28-40(53)43(31(4)5)49(13)32(6)7)41(57-15)29-42(54)51-25-21-24-38(51)45(58-16)34(9)39(52)27-36(47(56)59-48(10,11)12)26-35-22-19-18-20-23-35/h18-20,22-23,30-34,36-38,41,43-45H,17,21,24-29H2,1-16H3/t33-,34-,36+,37-,38?,41+,43-,44-,45+/m0/s1. The van der Waals surface area contributed by atoms with Gasteiger partial charge in [0.2, 0.25) is 11.8 Å². The number of rotatable bonds is 24. The molecule has 11 heteroatoms. The van der Waals surface area contributed by atoms with Crippen molar-refractivity contribution in [1.82, 2.24) is 14.7 Å². The van der Waals surface area contributed by atoms with Gasteiger partial charge in [0.25, 0.3) is 0 Å². The van der Waals surface area contributed by atoms with Crippen LogP contribution in [-0.2, 0) is 44.6 Å². The Morgan fingerprint density at radius 3 is 1.93 bits per heavy atom. The first-order valence-electron chi connectivity index (χ1n) is 22.2. The number of esters is 1. The van der Waals surface area contributed by atoms with Crippen LogP contribution in [0, 0.1) is 35.5 Å². The highest BCUT2D eigenvalue weighted by atomic mass is 16.6. The number of methoxy groups -OCH3 is 2. The molecule has 0 N–H and O–H groups in total. The molecule has 9 atom stereocenters. The number of benzene rings is 1. The Labute approximate surface area is 357 Å². The minimum Gasteiger partial charge on any atom is -0.460 e. The maximum Gasteiger partial charge on any atom is 0.310 e. The molecule has 11 nitrogen and oxygen atoms in total. The Kier molecular flexibility index (Phi) is 20.9. The van der Waals surface area contributed by atoms with Gasteiger partial charge in [-0.25, -0.2) is 0 Å². The first-order chi connectivity index (χ1) is 27.5. The molecule has 0 bridgehead atoms. The minimum atomic E-state index is -0.701. The largest absolute Gasteiger partial charge is 0.460 e. The van der Waals surface area contributed by atoms with Crippen molar-refractivity contribution in [2.75, 3.05) is 34.9 Å². The number of hydrogen-bond acceptors (Lipinski definition) is 9. The van der Waals surface area contributed by atoms with Crippen LogP contribution in [0.5, 0.6) is 0 Å². The van der Waals surface area contributed by atoms with E-state index in [1.807, 2.05) is 97.7 Å². The smallest absolute Gasteiger partial charge is 0.310 e. The molecule has 1 aromatic carbocycles. The number of ketones is 2. The molecule has 336 valence electrons. The van der Waals surface area contributed by atoms with E-state index in [2.05, 4.69) is 32.6 Å². The van der Waals surface area contributed by atoms with Crippen molar-refractivity contribution in [3.05, 3.63) is 35.9 Å². The number of carbonyl (C=O) groups is 5. The van der Waals surface area contributed by atoms with Crippen LogP contribution < -0.4 is 0 Å². The normalized spacial score (nSPS) is 19.0. The van der Waals surface area contributed by atoms with Crippen molar-refractivity contribution >= 4 is 29.4 Å². The molecule has 0 radical (unpaired) electrons. The van der Waals surface area contributed by atoms with E-state index in [4.69, 9.17) is 14.2 Å². The zero-order valence-corrected chi connectivity index (χ0v) is 39.6. The molecule has 1 fully saturated rings. The molecule has 1 aliphatic heterocycles. The summed E-state index contributed by atoms with van der Waals surface area (Å²) in [6.07, 6.45) is 1.51. The van der Waals surface area contributed by atoms with E-state index in [1.54, 1.807) is 26.2 Å². The number of amides is 2. The fourth-order valence-electron chi connectivity index (χ4n) is 8.89. The third-order valence-electron chi connectivity index (χ3n) is 12.6. The van der Waals surface area contributed by atoms with Crippen LogP contribution in [0.25, 0.3) is 0 Å². The van der Waals surface area contributed by atoms with Gasteiger partial charge in [-0.15, -0.1) is 0 Å². The summed E-state index contributed by atoms with van der Waals surface area (Å²) in [5, 5.41) is 0. The highest BCUT2D eigenvalue weighted by molar-refractivity contribution is 5.90. The monoisotopic (exact) mass is 828 g/mol. The van der Waals surface area contributed by atoms with Crippen LogP contribution in [0.15, 0.2) is 30.3 Å². The van der Waals surface area contributed by atoms with Crippen LogP contribution in [0.2, 0.25) is 0 Å². The molecule has 1 heterocycles. The second kappa shape index (κ2) is 23.7. The quantitative estimate of drug-likeness (QED) is 0.0968. The maximum atomic E-state index is 14.5. The zero-order chi connectivity index (χ0) is 44.9. The van der Waals surface area contributed by atoms with Gasteiger partial charge in [0.05, 0.1) is 42.7 Å². The summed E-state index contributed by atoms with van der Waals surface area (Å²) in [6, 6.07) is 8.72. The van der Waals surface area contributed by atoms with Crippen LogP contribution in [0.4, 0.5) is 0 Å². The second-order valence-electron chi connectivity index (χ2n) is 19.1. The van der Waals surface area contributed by atoms with E-state index < -0.39 is 47.6 Å². The molecule has 2 rings (SSSR count). The third kappa shape index (κ3) is 14.8. The summed E-state index contributed by atoms with van der Waals surface area (Å²) in [7, 11) is 6.91. The van der Waals surface area contributed by atoms with Crippen molar-refractivity contribution in [1.29, 1.82) is 0 Å². The molecule has 59 heavy (non-hydrogen) atoms. The second-order valence-corrected chi connectivity index (χ2v) is 19.1. The summed E-state index contributed by atoms with van der Waals surface area (Å²) >= 11 is 0. The Bertz CT molecular complexity index is 1490. The number of hydrogen-bond donors (Lipinski definition) is 0. The van der Waals surface area contributed by atoms with Crippen LogP contribution in [0.1, 0.15) is 127 Å². The van der Waals surface area contributed by atoms with Gasteiger partial charge in [0.15, 0.2) is 5.78 Å². The fourth-order valence-corrected chi connectivity index (χ4v) is 8.89. The Hall–Kier alpha value is -3.15. The molecule has 1 unspecified atom stereocenters.